The Morgan fingerprint density at radius 2 is 2.20 bits per heavy atom. The van der Waals surface area contributed by atoms with Crippen LogP contribution in [0.1, 0.15) is 13.8 Å². The monoisotopic (exact) mass is 206 g/mol. The molecule has 0 aliphatic carbocycles. The zero-order chi connectivity index (χ0) is 11.0. The molecule has 0 N–H and O–H groups in total. The minimum Gasteiger partial charge on any atom is -0.457 e. The number of rotatable bonds is 3. The quantitative estimate of drug-likeness (QED) is 0.521. The third-order valence-electron chi connectivity index (χ3n) is 2.96. The maximum Gasteiger partial charge on any atom is 0.338 e. The first-order valence-corrected chi connectivity index (χ1v) is 4.97. The van der Waals surface area contributed by atoms with Crippen LogP contribution in [0.3, 0.4) is 0 Å². The molecule has 2 aliphatic rings. The van der Waals surface area contributed by atoms with E-state index in [9.17, 15) is 4.79 Å². The van der Waals surface area contributed by atoms with Gasteiger partial charge < -0.3 is 9.47 Å². The number of epoxide rings is 1. The molecule has 1 atom stereocenters. The summed E-state index contributed by atoms with van der Waals surface area (Å²) in [5.74, 6) is -0.274. The van der Waals surface area contributed by atoms with Crippen molar-refractivity contribution < 1.29 is 14.3 Å². The van der Waals surface area contributed by atoms with Crippen LogP contribution in [0.4, 0.5) is 0 Å². The molecular weight excluding hydrogens is 192 g/mol. The van der Waals surface area contributed by atoms with Crippen LogP contribution in [0.25, 0.3) is 0 Å². The van der Waals surface area contributed by atoms with Crippen molar-refractivity contribution in [1.29, 1.82) is 0 Å². The average Bonchev–Trinajstić information content (AvgIpc) is 3.00. The fraction of sp³-hybridized carbons (Fsp3) is 0.417. The first kappa shape index (κ1) is 10.2. The van der Waals surface area contributed by atoms with E-state index in [1.54, 1.807) is 6.08 Å². The van der Waals surface area contributed by atoms with Crippen LogP contribution in [-0.4, -0.2) is 25.3 Å². The van der Waals surface area contributed by atoms with E-state index in [2.05, 4.69) is 6.58 Å². The summed E-state index contributed by atoms with van der Waals surface area (Å²) >= 11 is 0. The lowest BCUT2D eigenvalue weighted by atomic mass is 9.98. The molecule has 0 amide bonds. The smallest absolute Gasteiger partial charge is 0.338 e. The highest BCUT2D eigenvalue weighted by molar-refractivity contribution is 5.95. The molecule has 3 nitrogen and oxygen atoms in total. The number of esters is 1. The van der Waals surface area contributed by atoms with Gasteiger partial charge in [0.1, 0.15) is 12.7 Å². The van der Waals surface area contributed by atoms with Crippen molar-refractivity contribution in [2.24, 2.45) is 0 Å². The molecule has 0 aromatic heterocycles. The fourth-order valence-electron chi connectivity index (χ4n) is 1.71. The lowest BCUT2D eigenvalue weighted by Crippen LogP contribution is -1.98. The van der Waals surface area contributed by atoms with Crippen LogP contribution in [0.15, 0.2) is 34.9 Å². The van der Waals surface area contributed by atoms with E-state index in [0.29, 0.717) is 12.2 Å². The molecular formula is C12H14O3. The highest BCUT2D eigenvalue weighted by Crippen LogP contribution is 2.30. The Labute approximate surface area is 89.1 Å². The summed E-state index contributed by atoms with van der Waals surface area (Å²) in [4.78, 5) is 11.3. The standard InChI is InChI=1S/C12H14O3/c1-4-9-10(5-15-12(9)13)7(2)8(3)11-6-14-11/h4,11H,1,5-6H2,2-3H3/b8-7+. The minimum atomic E-state index is -0.274. The van der Waals surface area contributed by atoms with E-state index in [-0.39, 0.29) is 12.1 Å². The number of carbonyl (C=O) groups is 1. The van der Waals surface area contributed by atoms with Crippen molar-refractivity contribution in [2.75, 3.05) is 13.2 Å². The molecule has 0 saturated carbocycles. The SMILES string of the molecule is C=CC1=C(/C(C)=C(\C)C2CO2)COC1=O. The number of hydrogen-bond acceptors (Lipinski definition) is 3. The van der Waals surface area contributed by atoms with Crippen LogP contribution in [0.5, 0.6) is 0 Å². The van der Waals surface area contributed by atoms with E-state index in [1.165, 1.54) is 5.57 Å². The van der Waals surface area contributed by atoms with E-state index in [4.69, 9.17) is 9.47 Å². The number of carbonyl (C=O) groups excluding carboxylic acids is 1. The summed E-state index contributed by atoms with van der Waals surface area (Å²) in [5.41, 5.74) is 3.82. The van der Waals surface area contributed by atoms with Crippen LogP contribution in [-0.2, 0) is 14.3 Å². The molecule has 1 unspecified atom stereocenters. The normalized spacial score (nSPS) is 26.3. The van der Waals surface area contributed by atoms with Gasteiger partial charge in [0.25, 0.3) is 0 Å². The van der Waals surface area contributed by atoms with Gasteiger partial charge in [-0.1, -0.05) is 12.7 Å². The van der Waals surface area contributed by atoms with E-state index >= 15 is 0 Å². The van der Waals surface area contributed by atoms with Crippen molar-refractivity contribution in [3.05, 3.63) is 34.9 Å². The Bertz CT molecular complexity index is 384. The molecule has 80 valence electrons. The predicted octanol–water partition coefficient (Wildman–Crippen LogP) is 1.76. The van der Waals surface area contributed by atoms with Crippen molar-refractivity contribution in [3.8, 4) is 0 Å². The third-order valence-corrected chi connectivity index (χ3v) is 2.96. The van der Waals surface area contributed by atoms with E-state index in [1.807, 2.05) is 13.8 Å². The summed E-state index contributed by atoms with van der Waals surface area (Å²) in [6, 6.07) is 0. The summed E-state index contributed by atoms with van der Waals surface area (Å²) in [6.45, 7) is 8.81. The molecule has 2 rings (SSSR count). The lowest BCUT2D eigenvalue weighted by Gasteiger charge is -2.05. The molecule has 0 spiro atoms. The Balaban J connectivity index is 2.37. The van der Waals surface area contributed by atoms with Gasteiger partial charge in [0.2, 0.25) is 0 Å². The maximum absolute atomic E-state index is 11.3. The van der Waals surface area contributed by atoms with Crippen LogP contribution in [0.2, 0.25) is 0 Å². The molecule has 0 aromatic rings. The molecule has 2 aliphatic heterocycles. The summed E-state index contributed by atoms with van der Waals surface area (Å²) < 4.78 is 10.2. The zero-order valence-corrected chi connectivity index (χ0v) is 9.00. The predicted molar refractivity (Wildman–Crippen MR) is 56.3 cm³/mol. The molecule has 1 fully saturated rings. The summed E-state index contributed by atoms with van der Waals surface area (Å²) in [6.07, 6.45) is 1.80. The fourth-order valence-corrected chi connectivity index (χ4v) is 1.71. The van der Waals surface area contributed by atoms with Crippen molar-refractivity contribution in [3.63, 3.8) is 0 Å². The van der Waals surface area contributed by atoms with Gasteiger partial charge in [-0.25, -0.2) is 4.79 Å². The number of cyclic esters (lactones) is 1. The second kappa shape index (κ2) is 3.66. The Morgan fingerprint density at radius 1 is 1.53 bits per heavy atom. The Kier molecular flexibility index (Phi) is 2.49. The third kappa shape index (κ3) is 1.75. The molecule has 3 heteroatoms. The van der Waals surface area contributed by atoms with Gasteiger partial charge >= 0.3 is 5.97 Å². The van der Waals surface area contributed by atoms with Crippen molar-refractivity contribution >= 4 is 5.97 Å². The number of hydrogen-bond donors (Lipinski definition) is 0. The summed E-state index contributed by atoms with van der Waals surface area (Å²) in [7, 11) is 0. The van der Waals surface area contributed by atoms with Gasteiger partial charge in [0.05, 0.1) is 12.2 Å². The Hall–Kier alpha value is -1.35. The van der Waals surface area contributed by atoms with Gasteiger partial charge in [0, 0.05) is 5.57 Å². The molecule has 0 aromatic carbocycles. The highest BCUT2D eigenvalue weighted by atomic mass is 16.6. The summed E-state index contributed by atoms with van der Waals surface area (Å²) in [5, 5.41) is 0. The zero-order valence-electron chi connectivity index (χ0n) is 9.00. The maximum atomic E-state index is 11.3. The van der Waals surface area contributed by atoms with Crippen molar-refractivity contribution in [2.45, 2.75) is 20.0 Å². The lowest BCUT2D eigenvalue weighted by molar-refractivity contribution is -0.135. The second-order valence-electron chi connectivity index (χ2n) is 3.80. The molecule has 2 heterocycles. The van der Waals surface area contributed by atoms with Gasteiger partial charge in [-0.2, -0.15) is 0 Å². The van der Waals surface area contributed by atoms with Gasteiger partial charge in [-0.05, 0) is 25.0 Å². The van der Waals surface area contributed by atoms with Crippen molar-refractivity contribution in [1.82, 2.24) is 0 Å². The second-order valence-corrected chi connectivity index (χ2v) is 3.80. The average molecular weight is 206 g/mol. The van der Waals surface area contributed by atoms with E-state index < -0.39 is 0 Å². The van der Waals surface area contributed by atoms with Gasteiger partial charge in [-0.15, -0.1) is 0 Å². The van der Waals surface area contributed by atoms with Gasteiger partial charge in [-0.3, -0.25) is 0 Å². The first-order chi connectivity index (χ1) is 7.15. The number of ether oxygens (including phenoxy) is 2. The largest absolute Gasteiger partial charge is 0.457 e. The van der Waals surface area contributed by atoms with Crippen LogP contribution in [0, 0.1) is 0 Å². The molecule has 0 radical (unpaired) electrons. The molecule has 0 bridgehead atoms. The topological polar surface area (TPSA) is 38.8 Å². The highest BCUT2D eigenvalue weighted by Gasteiger charge is 2.29. The first-order valence-electron chi connectivity index (χ1n) is 4.97. The molecule has 15 heavy (non-hydrogen) atoms. The molecule has 1 saturated heterocycles. The Morgan fingerprint density at radius 3 is 2.73 bits per heavy atom. The van der Waals surface area contributed by atoms with E-state index in [0.717, 1.165) is 17.8 Å². The van der Waals surface area contributed by atoms with Crippen LogP contribution >= 0.6 is 0 Å². The van der Waals surface area contributed by atoms with Gasteiger partial charge in [0.15, 0.2) is 0 Å². The van der Waals surface area contributed by atoms with Crippen LogP contribution < -0.4 is 0 Å². The minimum absolute atomic E-state index is 0.235.